The highest BCUT2D eigenvalue weighted by atomic mass is 32.1. The minimum Gasteiger partial charge on any atom is -0.390 e. The molecule has 6 heteroatoms. The average Bonchev–Trinajstić information content (AvgIpc) is 2.95. The molecule has 102 valence electrons. The van der Waals surface area contributed by atoms with Crippen molar-refractivity contribution in [1.29, 1.82) is 0 Å². The molecular weight excluding hydrogens is 264 g/mol. The molecule has 1 fully saturated rings. The Morgan fingerprint density at radius 1 is 1.42 bits per heavy atom. The fourth-order valence-electron chi connectivity index (χ4n) is 2.51. The molecule has 0 radical (unpaired) electrons. The van der Waals surface area contributed by atoms with E-state index in [9.17, 15) is 15.0 Å². The lowest BCUT2D eigenvalue weighted by Crippen LogP contribution is -2.50. The number of rotatable bonds is 2. The summed E-state index contributed by atoms with van der Waals surface area (Å²) in [6.07, 6.45) is 2.33. The van der Waals surface area contributed by atoms with Crippen LogP contribution in [0.2, 0.25) is 0 Å². The number of hydrogen-bond donors (Lipinski definition) is 4. The predicted molar refractivity (Wildman–Crippen MR) is 73.3 cm³/mol. The fraction of sp³-hybridized carbons (Fsp3) is 0.462. The van der Waals surface area contributed by atoms with E-state index in [-0.39, 0.29) is 11.9 Å². The Morgan fingerprint density at radius 2 is 2.26 bits per heavy atom. The van der Waals surface area contributed by atoms with Crippen LogP contribution >= 0.6 is 11.3 Å². The first kappa shape index (κ1) is 12.7. The van der Waals surface area contributed by atoms with Gasteiger partial charge in [-0.25, -0.2) is 0 Å². The van der Waals surface area contributed by atoms with Crippen LogP contribution in [-0.2, 0) is 0 Å². The van der Waals surface area contributed by atoms with Gasteiger partial charge in [-0.3, -0.25) is 4.79 Å². The van der Waals surface area contributed by atoms with Gasteiger partial charge in [0.25, 0.3) is 5.91 Å². The van der Waals surface area contributed by atoms with Crippen LogP contribution in [0.15, 0.2) is 18.3 Å². The van der Waals surface area contributed by atoms with Gasteiger partial charge in [0, 0.05) is 6.20 Å². The molecule has 4 N–H and O–H groups in total. The highest BCUT2D eigenvalue weighted by molar-refractivity contribution is 7.20. The van der Waals surface area contributed by atoms with Gasteiger partial charge in [0.1, 0.15) is 0 Å². The minimum atomic E-state index is -0.873. The van der Waals surface area contributed by atoms with Crippen LogP contribution in [0.1, 0.15) is 28.9 Å². The summed E-state index contributed by atoms with van der Waals surface area (Å²) in [5.41, 5.74) is 0.944. The SMILES string of the molecule is O=C(N[C@@H]1CCC[C@@H](O)[C@H]1O)c1cc2[nH]ccc2s1. The van der Waals surface area contributed by atoms with Gasteiger partial charge < -0.3 is 20.5 Å². The van der Waals surface area contributed by atoms with Gasteiger partial charge in [-0.15, -0.1) is 11.3 Å². The second-order valence-electron chi connectivity index (χ2n) is 4.94. The summed E-state index contributed by atoms with van der Waals surface area (Å²) in [4.78, 5) is 15.8. The largest absolute Gasteiger partial charge is 0.390 e. The topological polar surface area (TPSA) is 85.3 Å². The van der Waals surface area contributed by atoms with Gasteiger partial charge in [-0.05, 0) is 31.4 Å². The Labute approximate surface area is 114 Å². The molecule has 1 saturated carbocycles. The van der Waals surface area contributed by atoms with E-state index in [0.29, 0.717) is 17.7 Å². The minimum absolute atomic E-state index is 0.187. The molecule has 19 heavy (non-hydrogen) atoms. The lowest BCUT2D eigenvalue weighted by Gasteiger charge is -2.32. The van der Waals surface area contributed by atoms with Crippen molar-refractivity contribution in [2.45, 2.75) is 37.5 Å². The lowest BCUT2D eigenvalue weighted by atomic mass is 9.90. The number of aromatic amines is 1. The molecule has 2 aromatic heterocycles. The number of nitrogens with one attached hydrogen (secondary N) is 2. The molecule has 1 amide bonds. The normalized spacial score (nSPS) is 27.6. The first-order valence-electron chi connectivity index (χ1n) is 6.39. The summed E-state index contributed by atoms with van der Waals surface area (Å²) >= 11 is 1.42. The zero-order valence-corrected chi connectivity index (χ0v) is 11.1. The standard InChI is InChI=1S/C13H16N2O3S/c16-9-3-1-2-7(12(9)17)15-13(18)11-6-8-10(19-11)4-5-14-8/h4-7,9,12,14,16-17H,1-3H2,(H,15,18)/t7-,9-,12+/m1/s1. The number of carbonyl (C=O) groups excluding carboxylic acids is 1. The van der Waals surface area contributed by atoms with E-state index >= 15 is 0 Å². The van der Waals surface area contributed by atoms with Crippen LogP contribution < -0.4 is 5.32 Å². The number of aliphatic hydroxyl groups excluding tert-OH is 2. The highest BCUT2D eigenvalue weighted by Crippen LogP contribution is 2.25. The van der Waals surface area contributed by atoms with Gasteiger partial charge in [-0.2, -0.15) is 0 Å². The van der Waals surface area contributed by atoms with Crippen LogP contribution in [0.3, 0.4) is 0 Å². The third kappa shape index (κ3) is 2.39. The van der Waals surface area contributed by atoms with Crippen molar-refractivity contribution < 1.29 is 15.0 Å². The summed E-state index contributed by atoms with van der Waals surface area (Å²) in [6, 6.07) is 3.37. The van der Waals surface area contributed by atoms with E-state index in [1.165, 1.54) is 11.3 Å². The number of aliphatic hydroxyl groups is 2. The maximum atomic E-state index is 12.1. The van der Waals surface area contributed by atoms with E-state index in [1.807, 2.05) is 12.3 Å². The van der Waals surface area contributed by atoms with Crippen LogP contribution in [0.25, 0.3) is 10.2 Å². The molecule has 2 aromatic rings. The van der Waals surface area contributed by atoms with Crippen molar-refractivity contribution in [1.82, 2.24) is 10.3 Å². The van der Waals surface area contributed by atoms with Crippen molar-refractivity contribution in [3.8, 4) is 0 Å². The number of thiophene rings is 1. The molecule has 0 saturated heterocycles. The van der Waals surface area contributed by atoms with E-state index in [4.69, 9.17) is 0 Å². The molecule has 0 aromatic carbocycles. The van der Waals surface area contributed by atoms with Gasteiger partial charge in [0.15, 0.2) is 0 Å². The molecule has 3 rings (SSSR count). The monoisotopic (exact) mass is 280 g/mol. The van der Waals surface area contributed by atoms with Gasteiger partial charge >= 0.3 is 0 Å². The summed E-state index contributed by atoms with van der Waals surface area (Å²) < 4.78 is 1.04. The number of aromatic nitrogens is 1. The average molecular weight is 280 g/mol. The van der Waals surface area contributed by atoms with Crippen LogP contribution in [-0.4, -0.2) is 39.4 Å². The van der Waals surface area contributed by atoms with Gasteiger partial charge in [0.2, 0.25) is 0 Å². The molecule has 1 aliphatic carbocycles. The number of amides is 1. The quantitative estimate of drug-likeness (QED) is 0.667. The smallest absolute Gasteiger partial charge is 0.261 e. The highest BCUT2D eigenvalue weighted by Gasteiger charge is 2.31. The molecule has 2 heterocycles. The third-order valence-electron chi connectivity index (χ3n) is 3.60. The zero-order chi connectivity index (χ0) is 13.4. The Bertz CT molecular complexity index is 563. The summed E-state index contributed by atoms with van der Waals surface area (Å²) in [5, 5.41) is 22.3. The maximum Gasteiger partial charge on any atom is 0.261 e. The Hall–Kier alpha value is -1.37. The number of hydrogen-bond acceptors (Lipinski definition) is 4. The number of H-pyrrole nitrogens is 1. The predicted octanol–water partition coefficient (Wildman–Crippen LogP) is 1.23. The van der Waals surface area contributed by atoms with E-state index in [1.54, 1.807) is 6.07 Å². The van der Waals surface area contributed by atoms with Crippen molar-refractivity contribution in [2.24, 2.45) is 0 Å². The molecule has 0 bridgehead atoms. The van der Waals surface area contributed by atoms with Crippen LogP contribution in [0.5, 0.6) is 0 Å². The number of fused-ring (bicyclic) bond motifs is 1. The molecule has 0 unspecified atom stereocenters. The van der Waals surface area contributed by atoms with Gasteiger partial charge in [-0.1, -0.05) is 0 Å². The Kier molecular flexibility index (Phi) is 3.30. The maximum absolute atomic E-state index is 12.1. The molecule has 0 spiro atoms. The van der Waals surface area contributed by atoms with Gasteiger partial charge in [0.05, 0.1) is 33.3 Å². The Morgan fingerprint density at radius 3 is 3.05 bits per heavy atom. The molecule has 1 aliphatic rings. The van der Waals surface area contributed by atoms with Crippen molar-refractivity contribution in [2.75, 3.05) is 0 Å². The lowest BCUT2D eigenvalue weighted by molar-refractivity contribution is -0.0277. The second kappa shape index (κ2) is 4.96. The summed E-state index contributed by atoms with van der Waals surface area (Å²) in [5.74, 6) is -0.187. The second-order valence-corrected chi connectivity index (χ2v) is 6.02. The molecule has 3 atom stereocenters. The third-order valence-corrected chi connectivity index (χ3v) is 4.70. The fourth-order valence-corrected chi connectivity index (χ4v) is 3.44. The molecule has 0 aliphatic heterocycles. The first-order valence-corrected chi connectivity index (χ1v) is 7.21. The van der Waals surface area contributed by atoms with Crippen LogP contribution in [0.4, 0.5) is 0 Å². The summed E-state index contributed by atoms with van der Waals surface area (Å²) in [6.45, 7) is 0. The van der Waals surface area contributed by atoms with Crippen molar-refractivity contribution in [3.05, 3.63) is 23.2 Å². The van der Waals surface area contributed by atoms with Crippen LogP contribution in [0, 0.1) is 0 Å². The van der Waals surface area contributed by atoms with E-state index in [0.717, 1.165) is 16.6 Å². The first-order chi connectivity index (χ1) is 9.15. The molecule has 5 nitrogen and oxygen atoms in total. The van der Waals surface area contributed by atoms with E-state index in [2.05, 4.69) is 10.3 Å². The van der Waals surface area contributed by atoms with E-state index < -0.39 is 12.2 Å². The molecular formula is C13H16N2O3S. The van der Waals surface area contributed by atoms with Crippen molar-refractivity contribution in [3.63, 3.8) is 0 Å². The zero-order valence-electron chi connectivity index (χ0n) is 10.3. The summed E-state index contributed by atoms with van der Waals surface area (Å²) in [7, 11) is 0. The van der Waals surface area contributed by atoms with Crippen molar-refractivity contribution >= 4 is 27.5 Å². The Balaban J connectivity index is 1.72. The number of carbonyl (C=O) groups is 1.